The van der Waals surface area contributed by atoms with Crippen LogP contribution in [0.1, 0.15) is 34.2 Å². The van der Waals surface area contributed by atoms with Gasteiger partial charge in [0.15, 0.2) is 0 Å². The number of rotatable bonds is 3. The molecular weight excluding hydrogens is 264 g/mol. The molecule has 1 aliphatic heterocycles. The summed E-state index contributed by atoms with van der Waals surface area (Å²) in [6.45, 7) is 2.82. The van der Waals surface area contributed by atoms with Crippen LogP contribution in [0.5, 0.6) is 5.75 Å². The van der Waals surface area contributed by atoms with Crippen molar-refractivity contribution in [3.8, 4) is 5.75 Å². The second-order valence-corrected chi connectivity index (χ2v) is 5.50. The van der Waals surface area contributed by atoms with Gasteiger partial charge in [0.05, 0.1) is 13.2 Å². The van der Waals surface area contributed by atoms with Crippen molar-refractivity contribution in [3.63, 3.8) is 0 Å². The second kappa shape index (κ2) is 5.28. The Kier molecular flexibility index (Phi) is 3.45. The fourth-order valence-electron chi connectivity index (χ4n) is 2.80. The number of hydrogen-bond acceptors (Lipinski definition) is 2. The largest absolute Gasteiger partial charge is 0.497 e. The van der Waals surface area contributed by atoms with E-state index in [1.165, 1.54) is 0 Å². The van der Waals surface area contributed by atoms with Gasteiger partial charge in [-0.1, -0.05) is 12.1 Å². The number of likely N-dealkylation sites (tertiary alicyclic amines) is 1. The van der Waals surface area contributed by atoms with Crippen molar-refractivity contribution in [2.24, 2.45) is 7.05 Å². The van der Waals surface area contributed by atoms with Crippen LogP contribution in [-0.4, -0.2) is 29.0 Å². The number of benzene rings is 1. The van der Waals surface area contributed by atoms with Crippen molar-refractivity contribution in [1.82, 2.24) is 9.47 Å². The van der Waals surface area contributed by atoms with E-state index in [1.54, 1.807) is 7.11 Å². The molecule has 1 saturated heterocycles. The molecule has 110 valence electrons. The minimum Gasteiger partial charge on any atom is -0.497 e. The standard InChI is InChI=1S/C17H20N2O2/c1-12-7-8-16(18(12)2)17(20)19-10-9-15(19)13-5-4-6-14(11-13)21-3/h4-8,11,15H,9-10H2,1-3H3/t15-/m0/s1. The summed E-state index contributed by atoms with van der Waals surface area (Å²) in [7, 11) is 3.60. The molecule has 4 nitrogen and oxygen atoms in total. The zero-order valence-corrected chi connectivity index (χ0v) is 12.7. The predicted molar refractivity (Wildman–Crippen MR) is 81.5 cm³/mol. The molecule has 2 heterocycles. The van der Waals surface area contributed by atoms with E-state index < -0.39 is 0 Å². The van der Waals surface area contributed by atoms with Crippen LogP contribution in [0.4, 0.5) is 0 Å². The summed E-state index contributed by atoms with van der Waals surface area (Å²) in [4.78, 5) is 14.6. The lowest BCUT2D eigenvalue weighted by atomic mass is 9.94. The van der Waals surface area contributed by atoms with E-state index in [4.69, 9.17) is 4.74 Å². The van der Waals surface area contributed by atoms with Gasteiger partial charge in [-0.05, 0) is 43.2 Å². The number of aromatic nitrogens is 1. The van der Waals surface area contributed by atoms with Gasteiger partial charge >= 0.3 is 0 Å². The van der Waals surface area contributed by atoms with E-state index in [9.17, 15) is 4.79 Å². The normalized spacial score (nSPS) is 17.5. The summed E-state index contributed by atoms with van der Waals surface area (Å²) in [5, 5.41) is 0. The van der Waals surface area contributed by atoms with Crippen LogP contribution < -0.4 is 4.74 Å². The quantitative estimate of drug-likeness (QED) is 0.868. The molecule has 0 aliphatic carbocycles. The molecule has 0 bridgehead atoms. The number of ether oxygens (including phenoxy) is 1. The average molecular weight is 284 g/mol. The number of nitrogens with zero attached hydrogens (tertiary/aromatic N) is 2. The second-order valence-electron chi connectivity index (χ2n) is 5.50. The van der Waals surface area contributed by atoms with Gasteiger partial charge in [0.2, 0.25) is 0 Å². The summed E-state index contributed by atoms with van der Waals surface area (Å²) in [5.74, 6) is 0.936. The Morgan fingerprint density at radius 3 is 2.67 bits per heavy atom. The minimum atomic E-state index is 0.102. The molecule has 0 unspecified atom stereocenters. The first kappa shape index (κ1) is 13.7. The molecule has 1 aromatic heterocycles. The van der Waals surface area contributed by atoms with E-state index >= 15 is 0 Å². The summed E-state index contributed by atoms with van der Waals surface area (Å²) in [6.07, 6.45) is 1.00. The lowest BCUT2D eigenvalue weighted by Crippen LogP contribution is -2.45. The van der Waals surface area contributed by atoms with Crippen molar-refractivity contribution >= 4 is 5.91 Å². The zero-order chi connectivity index (χ0) is 15.0. The summed E-state index contributed by atoms with van der Waals surface area (Å²) >= 11 is 0. The lowest BCUT2D eigenvalue weighted by Gasteiger charge is -2.41. The third-order valence-electron chi connectivity index (χ3n) is 4.35. The highest BCUT2D eigenvalue weighted by atomic mass is 16.5. The Labute approximate surface area is 124 Å². The van der Waals surface area contributed by atoms with Crippen molar-refractivity contribution in [3.05, 3.63) is 53.3 Å². The first-order valence-electron chi connectivity index (χ1n) is 7.19. The molecule has 3 rings (SSSR count). The van der Waals surface area contributed by atoms with Gasteiger partial charge in [-0.2, -0.15) is 0 Å². The molecule has 2 aromatic rings. The Hall–Kier alpha value is -2.23. The maximum atomic E-state index is 12.7. The molecule has 0 spiro atoms. The fraction of sp³-hybridized carbons (Fsp3) is 0.353. The zero-order valence-electron chi connectivity index (χ0n) is 12.7. The van der Waals surface area contributed by atoms with Crippen LogP contribution in [0.25, 0.3) is 0 Å². The van der Waals surface area contributed by atoms with Gasteiger partial charge in [0.1, 0.15) is 11.4 Å². The summed E-state index contributed by atoms with van der Waals surface area (Å²) < 4.78 is 7.22. The van der Waals surface area contributed by atoms with Crippen LogP contribution in [0.3, 0.4) is 0 Å². The monoisotopic (exact) mass is 284 g/mol. The van der Waals surface area contributed by atoms with E-state index in [-0.39, 0.29) is 11.9 Å². The third kappa shape index (κ3) is 2.31. The Bertz CT molecular complexity index is 675. The van der Waals surface area contributed by atoms with Gasteiger partial charge in [-0.25, -0.2) is 0 Å². The molecule has 1 amide bonds. The SMILES string of the molecule is COc1cccc([C@@H]2CCN2C(=O)c2ccc(C)n2C)c1. The number of carbonyl (C=O) groups is 1. The van der Waals surface area contributed by atoms with Crippen molar-refractivity contribution in [1.29, 1.82) is 0 Å². The summed E-state index contributed by atoms with van der Waals surface area (Å²) in [6, 6.07) is 12.0. The summed E-state index contributed by atoms with van der Waals surface area (Å²) in [5.41, 5.74) is 2.98. The van der Waals surface area contributed by atoms with E-state index in [0.29, 0.717) is 0 Å². The van der Waals surface area contributed by atoms with Crippen molar-refractivity contribution in [2.75, 3.05) is 13.7 Å². The topological polar surface area (TPSA) is 34.5 Å². The molecule has 4 heteroatoms. The first-order valence-corrected chi connectivity index (χ1v) is 7.19. The Balaban J connectivity index is 1.83. The number of amides is 1. The first-order chi connectivity index (χ1) is 10.1. The van der Waals surface area contributed by atoms with Gasteiger partial charge in [0.25, 0.3) is 5.91 Å². The van der Waals surface area contributed by atoms with Gasteiger partial charge in [-0.3, -0.25) is 4.79 Å². The molecule has 0 radical (unpaired) electrons. The maximum Gasteiger partial charge on any atom is 0.270 e. The van der Waals surface area contributed by atoms with Gasteiger partial charge < -0.3 is 14.2 Å². The number of aryl methyl sites for hydroxylation is 1. The molecule has 1 aliphatic rings. The van der Waals surface area contributed by atoms with Crippen LogP contribution in [0.2, 0.25) is 0 Å². The average Bonchev–Trinajstić information content (AvgIpc) is 2.78. The van der Waals surface area contributed by atoms with Gasteiger partial charge in [-0.15, -0.1) is 0 Å². The van der Waals surface area contributed by atoms with E-state index in [1.807, 2.05) is 53.8 Å². The molecule has 21 heavy (non-hydrogen) atoms. The Morgan fingerprint density at radius 2 is 2.10 bits per heavy atom. The van der Waals surface area contributed by atoms with E-state index in [0.717, 1.165) is 35.7 Å². The molecular formula is C17H20N2O2. The Morgan fingerprint density at radius 1 is 1.29 bits per heavy atom. The third-order valence-corrected chi connectivity index (χ3v) is 4.35. The number of hydrogen-bond donors (Lipinski definition) is 0. The number of carbonyl (C=O) groups excluding carboxylic acids is 1. The molecule has 0 N–H and O–H groups in total. The van der Waals surface area contributed by atoms with Crippen LogP contribution in [0, 0.1) is 6.92 Å². The van der Waals surface area contributed by atoms with Crippen LogP contribution >= 0.6 is 0 Å². The lowest BCUT2D eigenvalue weighted by molar-refractivity contribution is 0.0449. The smallest absolute Gasteiger partial charge is 0.270 e. The molecule has 0 saturated carbocycles. The van der Waals surface area contributed by atoms with Crippen molar-refractivity contribution in [2.45, 2.75) is 19.4 Å². The highest BCUT2D eigenvalue weighted by Gasteiger charge is 2.34. The van der Waals surface area contributed by atoms with Crippen LogP contribution in [-0.2, 0) is 7.05 Å². The minimum absolute atomic E-state index is 0.102. The highest BCUT2D eigenvalue weighted by Crippen LogP contribution is 2.35. The molecule has 1 atom stereocenters. The highest BCUT2D eigenvalue weighted by molar-refractivity contribution is 5.93. The molecule has 1 fully saturated rings. The van der Waals surface area contributed by atoms with Crippen molar-refractivity contribution < 1.29 is 9.53 Å². The fourth-order valence-corrected chi connectivity index (χ4v) is 2.80. The van der Waals surface area contributed by atoms with Gasteiger partial charge in [0, 0.05) is 19.3 Å². The maximum absolute atomic E-state index is 12.7. The van der Waals surface area contributed by atoms with Crippen LogP contribution in [0.15, 0.2) is 36.4 Å². The van der Waals surface area contributed by atoms with E-state index in [2.05, 4.69) is 6.07 Å². The number of methoxy groups -OCH3 is 1. The molecule has 1 aromatic carbocycles. The predicted octanol–water partition coefficient (Wildman–Crippen LogP) is 2.93.